The van der Waals surface area contributed by atoms with E-state index in [9.17, 15) is 4.79 Å². The van der Waals surface area contributed by atoms with E-state index in [1.807, 2.05) is 44.3 Å². The van der Waals surface area contributed by atoms with E-state index in [0.717, 1.165) is 18.5 Å². The minimum Gasteiger partial charge on any atom is -0.359 e. The summed E-state index contributed by atoms with van der Waals surface area (Å²) in [7, 11) is 2.01. The highest BCUT2D eigenvalue weighted by Gasteiger charge is 2.16. The van der Waals surface area contributed by atoms with Gasteiger partial charge >= 0.3 is 0 Å². The highest BCUT2D eigenvalue weighted by Crippen LogP contribution is 2.10. The molecule has 0 unspecified atom stereocenters. The molecule has 140 valence electrons. The van der Waals surface area contributed by atoms with Gasteiger partial charge in [-0.15, -0.1) is 0 Å². The minimum absolute atomic E-state index is 0.0131. The number of hydrogen-bond donors (Lipinski definition) is 1. The van der Waals surface area contributed by atoms with Crippen molar-refractivity contribution in [3.05, 3.63) is 83.5 Å². The van der Waals surface area contributed by atoms with Crippen molar-refractivity contribution in [1.29, 1.82) is 0 Å². The third kappa shape index (κ3) is 5.76. The van der Waals surface area contributed by atoms with Gasteiger partial charge in [0.05, 0.1) is 6.54 Å². The van der Waals surface area contributed by atoms with Crippen LogP contribution in [0.3, 0.4) is 0 Å². The molecule has 27 heavy (non-hydrogen) atoms. The topological polar surface area (TPSA) is 71.3 Å². The predicted octanol–water partition coefficient (Wildman–Crippen LogP) is 3.06. The summed E-state index contributed by atoms with van der Waals surface area (Å²) in [6.07, 6.45) is 4.23. The molecular weight excluding hydrogens is 340 g/mol. The summed E-state index contributed by atoms with van der Waals surface area (Å²) in [5.41, 5.74) is 2.66. The molecule has 1 amide bonds. The van der Waals surface area contributed by atoms with E-state index in [4.69, 9.17) is 4.52 Å². The van der Waals surface area contributed by atoms with E-state index >= 15 is 0 Å². The molecule has 0 saturated heterocycles. The maximum Gasteiger partial charge on any atom is 0.273 e. The maximum atomic E-state index is 12.4. The van der Waals surface area contributed by atoms with Crippen LogP contribution in [0.15, 0.2) is 65.4 Å². The molecule has 0 saturated carbocycles. The lowest BCUT2D eigenvalue weighted by Gasteiger charge is -2.14. The van der Waals surface area contributed by atoms with Crippen LogP contribution in [0.1, 0.15) is 34.3 Å². The molecule has 0 aliphatic heterocycles. The van der Waals surface area contributed by atoms with Crippen LogP contribution in [-0.4, -0.2) is 34.0 Å². The van der Waals surface area contributed by atoms with Crippen LogP contribution in [0.4, 0.5) is 0 Å². The zero-order valence-corrected chi connectivity index (χ0v) is 15.6. The fourth-order valence-electron chi connectivity index (χ4n) is 2.93. The normalized spacial score (nSPS) is 12.1. The molecule has 1 aromatic carbocycles. The maximum absolute atomic E-state index is 12.4. The highest BCUT2D eigenvalue weighted by atomic mass is 16.5. The van der Waals surface area contributed by atoms with E-state index in [0.29, 0.717) is 18.0 Å². The molecule has 0 bridgehead atoms. The molecule has 3 aromatic rings. The molecule has 2 heterocycles. The Balaban J connectivity index is 1.51. The summed E-state index contributed by atoms with van der Waals surface area (Å²) in [6.45, 7) is 3.35. The van der Waals surface area contributed by atoms with Crippen molar-refractivity contribution in [2.75, 3.05) is 7.05 Å². The van der Waals surface area contributed by atoms with Crippen LogP contribution in [0.5, 0.6) is 0 Å². The SMILES string of the molecule is C[C@@H](Cc1ccncc1)NC(=O)c1cc(CN(C)Cc2ccccc2)on1. The Morgan fingerprint density at radius 3 is 2.59 bits per heavy atom. The smallest absolute Gasteiger partial charge is 0.273 e. The summed E-state index contributed by atoms with van der Waals surface area (Å²) in [5, 5.41) is 6.87. The van der Waals surface area contributed by atoms with Gasteiger partial charge in [-0.1, -0.05) is 35.5 Å². The van der Waals surface area contributed by atoms with Crippen LogP contribution >= 0.6 is 0 Å². The lowest BCUT2D eigenvalue weighted by Crippen LogP contribution is -2.34. The average molecular weight is 364 g/mol. The van der Waals surface area contributed by atoms with Gasteiger partial charge in [0.15, 0.2) is 11.5 Å². The average Bonchev–Trinajstić information content (AvgIpc) is 3.11. The Labute approximate surface area is 159 Å². The zero-order chi connectivity index (χ0) is 19.1. The van der Waals surface area contributed by atoms with Crippen molar-refractivity contribution in [3.63, 3.8) is 0 Å². The van der Waals surface area contributed by atoms with Crippen molar-refractivity contribution in [3.8, 4) is 0 Å². The number of amides is 1. The third-order valence-electron chi connectivity index (χ3n) is 4.18. The van der Waals surface area contributed by atoms with Crippen LogP contribution in [-0.2, 0) is 19.5 Å². The fourth-order valence-corrected chi connectivity index (χ4v) is 2.93. The Bertz CT molecular complexity index is 849. The molecule has 6 nitrogen and oxygen atoms in total. The van der Waals surface area contributed by atoms with Crippen molar-refractivity contribution in [2.24, 2.45) is 0 Å². The zero-order valence-electron chi connectivity index (χ0n) is 15.6. The van der Waals surface area contributed by atoms with E-state index in [2.05, 4.69) is 32.5 Å². The summed E-state index contributed by atoms with van der Waals surface area (Å²) in [5.74, 6) is 0.442. The van der Waals surface area contributed by atoms with E-state index in [-0.39, 0.29) is 11.9 Å². The first-order valence-electron chi connectivity index (χ1n) is 8.98. The molecule has 2 aromatic heterocycles. The summed E-state index contributed by atoms with van der Waals surface area (Å²) in [6, 6.07) is 15.8. The van der Waals surface area contributed by atoms with Gasteiger partial charge in [0.2, 0.25) is 0 Å². The van der Waals surface area contributed by atoms with E-state index in [1.54, 1.807) is 18.5 Å². The first-order valence-corrected chi connectivity index (χ1v) is 8.98. The number of hydrogen-bond acceptors (Lipinski definition) is 5. The number of nitrogens with one attached hydrogen (secondary N) is 1. The molecule has 3 rings (SSSR count). The number of benzene rings is 1. The van der Waals surface area contributed by atoms with Gasteiger partial charge in [-0.2, -0.15) is 0 Å². The van der Waals surface area contributed by atoms with Crippen molar-refractivity contribution < 1.29 is 9.32 Å². The molecule has 1 atom stereocenters. The second-order valence-electron chi connectivity index (χ2n) is 6.77. The highest BCUT2D eigenvalue weighted by molar-refractivity contribution is 5.92. The van der Waals surface area contributed by atoms with Crippen LogP contribution < -0.4 is 5.32 Å². The van der Waals surface area contributed by atoms with E-state index < -0.39 is 0 Å². The van der Waals surface area contributed by atoms with Crippen LogP contribution in [0.2, 0.25) is 0 Å². The Kier molecular flexibility index (Phi) is 6.33. The predicted molar refractivity (Wildman–Crippen MR) is 103 cm³/mol. The number of carbonyl (C=O) groups excluding carboxylic acids is 1. The molecule has 0 aliphatic carbocycles. The van der Waals surface area contributed by atoms with Crippen LogP contribution in [0.25, 0.3) is 0 Å². The van der Waals surface area contributed by atoms with Crippen LogP contribution in [0, 0.1) is 0 Å². The molecule has 0 aliphatic rings. The third-order valence-corrected chi connectivity index (χ3v) is 4.18. The lowest BCUT2D eigenvalue weighted by molar-refractivity contribution is 0.0931. The van der Waals surface area contributed by atoms with Gasteiger partial charge in [-0.25, -0.2) is 0 Å². The number of pyridine rings is 1. The Morgan fingerprint density at radius 1 is 1.11 bits per heavy atom. The second kappa shape index (κ2) is 9.09. The summed E-state index contributed by atoms with van der Waals surface area (Å²) < 4.78 is 5.33. The van der Waals surface area contributed by atoms with Gasteiger partial charge < -0.3 is 9.84 Å². The summed E-state index contributed by atoms with van der Waals surface area (Å²) >= 11 is 0. The first-order chi connectivity index (χ1) is 13.1. The summed E-state index contributed by atoms with van der Waals surface area (Å²) in [4.78, 5) is 18.5. The molecule has 1 N–H and O–H groups in total. The number of nitrogens with zero attached hydrogens (tertiary/aromatic N) is 3. The minimum atomic E-state index is -0.225. The molecule has 6 heteroatoms. The van der Waals surface area contributed by atoms with Gasteiger partial charge in [-0.3, -0.25) is 14.7 Å². The van der Waals surface area contributed by atoms with Gasteiger partial charge in [-0.05, 0) is 43.7 Å². The monoisotopic (exact) mass is 364 g/mol. The standard InChI is InChI=1S/C21H24N4O2/c1-16(12-17-8-10-22-11-9-17)23-21(26)20-13-19(27-24-20)15-25(2)14-18-6-4-3-5-7-18/h3-11,13,16H,12,14-15H2,1-2H3,(H,23,26)/t16-/m0/s1. The molecule has 0 radical (unpaired) electrons. The molecule has 0 spiro atoms. The Hall–Kier alpha value is -2.99. The number of aromatic nitrogens is 2. The van der Waals surface area contributed by atoms with Gasteiger partial charge in [0, 0.05) is 31.0 Å². The first kappa shape index (κ1) is 18.8. The number of carbonyl (C=O) groups is 1. The second-order valence-corrected chi connectivity index (χ2v) is 6.77. The fraction of sp³-hybridized carbons (Fsp3) is 0.286. The van der Waals surface area contributed by atoms with Crippen molar-refractivity contribution >= 4 is 5.91 Å². The largest absolute Gasteiger partial charge is 0.359 e. The van der Waals surface area contributed by atoms with Crippen molar-refractivity contribution in [2.45, 2.75) is 32.5 Å². The van der Waals surface area contributed by atoms with Gasteiger partial charge in [0.25, 0.3) is 5.91 Å². The quantitative estimate of drug-likeness (QED) is 0.665. The lowest BCUT2D eigenvalue weighted by atomic mass is 10.1. The molecule has 0 fully saturated rings. The van der Waals surface area contributed by atoms with E-state index in [1.165, 1.54) is 5.56 Å². The number of rotatable bonds is 8. The molecular formula is C21H24N4O2. The van der Waals surface area contributed by atoms with Gasteiger partial charge in [0.1, 0.15) is 0 Å². The Morgan fingerprint density at radius 2 is 1.85 bits per heavy atom. The van der Waals surface area contributed by atoms with Crippen molar-refractivity contribution in [1.82, 2.24) is 20.4 Å².